The van der Waals surface area contributed by atoms with E-state index in [1.807, 2.05) is 19.2 Å². The van der Waals surface area contributed by atoms with Gasteiger partial charge < -0.3 is 10.2 Å². The monoisotopic (exact) mass is 278 g/mol. The van der Waals surface area contributed by atoms with E-state index in [2.05, 4.69) is 24.1 Å². The van der Waals surface area contributed by atoms with Crippen molar-refractivity contribution in [2.45, 2.75) is 45.6 Å². The summed E-state index contributed by atoms with van der Waals surface area (Å²) in [5.41, 5.74) is 1.75. The second-order valence-electron chi connectivity index (χ2n) is 6.06. The summed E-state index contributed by atoms with van der Waals surface area (Å²) in [5, 5.41) is 3.39. The predicted octanol–water partition coefficient (Wildman–Crippen LogP) is 4.12. The highest BCUT2D eigenvalue weighted by molar-refractivity contribution is 5.49. The molecule has 0 spiro atoms. The fourth-order valence-electron chi connectivity index (χ4n) is 2.74. The quantitative estimate of drug-likeness (QED) is 0.807. The zero-order chi connectivity index (χ0) is 14.5. The Morgan fingerprint density at radius 1 is 1.40 bits per heavy atom. The molecule has 2 rings (SSSR count). The van der Waals surface area contributed by atoms with Crippen LogP contribution in [-0.2, 0) is 0 Å². The number of rotatable bonds is 7. The summed E-state index contributed by atoms with van der Waals surface area (Å²) in [5.74, 6) is 0.652. The summed E-state index contributed by atoms with van der Waals surface area (Å²) in [4.78, 5) is 2.06. The third-order valence-corrected chi connectivity index (χ3v) is 4.34. The summed E-state index contributed by atoms with van der Waals surface area (Å²) in [7, 11) is 2.00. The Labute approximate surface area is 122 Å². The van der Waals surface area contributed by atoms with Crippen molar-refractivity contribution in [1.82, 2.24) is 5.32 Å². The molecule has 1 fully saturated rings. The van der Waals surface area contributed by atoms with Crippen molar-refractivity contribution in [3.05, 3.63) is 29.6 Å². The van der Waals surface area contributed by atoms with E-state index >= 15 is 0 Å². The minimum Gasteiger partial charge on any atom is -0.372 e. The molecule has 20 heavy (non-hydrogen) atoms. The predicted molar refractivity (Wildman–Crippen MR) is 83.7 cm³/mol. The van der Waals surface area contributed by atoms with Gasteiger partial charge in [0, 0.05) is 19.6 Å². The normalized spacial score (nSPS) is 16.8. The van der Waals surface area contributed by atoms with Crippen LogP contribution in [0.1, 0.15) is 51.1 Å². The second kappa shape index (κ2) is 7.07. The standard InChI is InChI=1S/C17H27FN2/c1-4-10-19-13(2)15-8-9-17(16(18)11-15)20(3)12-14-6-5-7-14/h8-9,11,13-14,19H,4-7,10,12H2,1-3H3. The largest absolute Gasteiger partial charge is 0.372 e. The fourth-order valence-corrected chi connectivity index (χ4v) is 2.74. The average Bonchev–Trinajstić information content (AvgIpc) is 2.39. The van der Waals surface area contributed by atoms with Gasteiger partial charge in [-0.1, -0.05) is 19.4 Å². The van der Waals surface area contributed by atoms with Gasteiger partial charge in [0.1, 0.15) is 5.82 Å². The van der Waals surface area contributed by atoms with Gasteiger partial charge in [0.2, 0.25) is 0 Å². The fraction of sp³-hybridized carbons (Fsp3) is 0.647. The highest BCUT2D eigenvalue weighted by atomic mass is 19.1. The Balaban J connectivity index is 2.00. The van der Waals surface area contributed by atoms with Crippen LogP contribution in [-0.4, -0.2) is 20.1 Å². The van der Waals surface area contributed by atoms with Crippen LogP contribution in [0.2, 0.25) is 0 Å². The van der Waals surface area contributed by atoms with Gasteiger partial charge in [-0.3, -0.25) is 0 Å². The van der Waals surface area contributed by atoms with Crippen molar-refractivity contribution in [2.24, 2.45) is 5.92 Å². The van der Waals surface area contributed by atoms with Crippen LogP contribution in [0.5, 0.6) is 0 Å². The van der Waals surface area contributed by atoms with Gasteiger partial charge in [-0.25, -0.2) is 4.39 Å². The van der Waals surface area contributed by atoms with Gasteiger partial charge in [-0.15, -0.1) is 0 Å². The van der Waals surface area contributed by atoms with Gasteiger partial charge >= 0.3 is 0 Å². The lowest BCUT2D eigenvalue weighted by Gasteiger charge is -2.31. The molecule has 0 heterocycles. The molecule has 0 aliphatic heterocycles. The molecule has 0 aromatic heterocycles. The topological polar surface area (TPSA) is 15.3 Å². The van der Waals surface area contributed by atoms with E-state index in [4.69, 9.17) is 0 Å². The zero-order valence-corrected chi connectivity index (χ0v) is 13.0. The zero-order valence-electron chi connectivity index (χ0n) is 13.0. The maximum absolute atomic E-state index is 14.3. The number of nitrogens with one attached hydrogen (secondary N) is 1. The number of hydrogen-bond donors (Lipinski definition) is 1. The highest BCUT2D eigenvalue weighted by Gasteiger charge is 2.20. The van der Waals surface area contributed by atoms with E-state index in [0.717, 1.165) is 36.7 Å². The molecule has 1 aromatic carbocycles. The number of hydrogen-bond acceptors (Lipinski definition) is 2. The molecule has 1 atom stereocenters. The molecule has 112 valence electrons. The Hall–Kier alpha value is -1.09. The van der Waals surface area contributed by atoms with Crippen LogP contribution in [0.15, 0.2) is 18.2 Å². The van der Waals surface area contributed by atoms with Crippen molar-refractivity contribution in [1.29, 1.82) is 0 Å². The smallest absolute Gasteiger partial charge is 0.146 e. The molecule has 1 unspecified atom stereocenters. The van der Waals surface area contributed by atoms with Crippen LogP contribution in [0, 0.1) is 11.7 Å². The van der Waals surface area contributed by atoms with Gasteiger partial charge in [0.05, 0.1) is 5.69 Å². The van der Waals surface area contributed by atoms with Crippen LogP contribution in [0.3, 0.4) is 0 Å². The van der Waals surface area contributed by atoms with E-state index < -0.39 is 0 Å². The minimum absolute atomic E-state index is 0.102. The van der Waals surface area contributed by atoms with E-state index in [9.17, 15) is 4.39 Å². The molecule has 1 aliphatic rings. The Morgan fingerprint density at radius 3 is 2.70 bits per heavy atom. The average molecular weight is 278 g/mol. The maximum Gasteiger partial charge on any atom is 0.146 e. The van der Waals surface area contributed by atoms with Crippen molar-refractivity contribution < 1.29 is 4.39 Å². The van der Waals surface area contributed by atoms with Gasteiger partial charge in [-0.05, 0) is 56.3 Å². The summed E-state index contributed by atoms with van der Waals surface area (Å²) in [6.45, 7) is 6.16. The van der Waals surface area contributed by atoms with Gasteiger partial charge in [-0.2, -0.15) is 0 Å². The molecule has 0 saturated heterocycles. The molecule has 0 bridgehead atoms. The Morgan fingerprint density at radius 2 is 2.15 bits per heavy atom. The molecule has 0 radical (unpaired) electrons. The molecular formula is C17H27FN2. The number of anilines is 1. The Kier molecular flexibility index (Phi) is 5.41. The van der Waals surface area contributed by atoms with Crippen LogP contribution < -0.4 is 10.2 Å². The molecule has 1 aliphatic carbocycles. The summed E-state index contributed by atoms with van der Waals surface area (Å²) < 4.78 is 14.3. The summed E-state index contributed by atoms with van der Waals surface area (Å²) >= 11 is 0. The minimum atomic E-state index is -0.102. The lowest BCUT2D eigenvalue weighted by atomic mass is 9.85. The van der Waals surface area contributed by atoms with Crippen molar-refractivity contribution in [3.8, 4) is 0 Å². The van der Waals surface area contributed by atoms with Crippen LogP contribution in [0.25, 0.3) is 0 Å². The number of nitrogens with zero attached hydrogens (tertiary/aromatic N) is 1. The molecule has 2 nitrogen and oxygen atoms in total. The van der Waals surface area contributed by atoms with Crippen molar-refractivity contribution in [2.75, 3.05) is 25.0 Å². The molecular weight excluding hydrogens is 251 g/mol. The van der Waals surface area contributed by atoms with E-state index in [1.165, 1.54) is 19.3 Å². The highest BCUT2D eigenvalue weighted by Crippen LogP contribution is 2.30. The molecule has 1 N–H and O–H groups in total. The second-order valence-corrected chi connectivity index (χ2v) is 6.06. The van der Waals surface area contributed by atoms with Crippen LogP contribution >= 0.6 is 0 Å². The van der Waals surface area contributed by atoms with Crippen LogP contribution in [0.4, 0.5) is 10.1 Å². The number of halogens is 1. The molecule has 0 amide bonds. The molecule has 3 heteroatoms. The first-order valence-electron chi connectivity index (χ1n) is 7.85. The lowest BCUT2D eigenvalue weighted by Crippen LogP contribution is -2.30. The number of benzene rings is 1. The third kappa shape index (κ3) is 3.72. The van der Waals surface area contributed by atoms with Gasteiger partial charge in [0.15, 0.2) is 0 Å². The Bertz CT molecular complexity index is 429. The first kappa shape index (κ1) is 15.3. The van der Waals surface area contributed by atoms with E-state index in [0.29, 0.717) is 0 Å². The SMILES string of the molecule is CCCNC(C)c1ccc(N(C)CC2CCC2)c(F)c1. The maximum atomic E-state index is 14.3. The first-order chi connectivity index (χ1) is 9.61. The van der Waals surface area contributed by atoms with E-state index in [-0.39, 0.29) is 11.9 Å². The lowest BCUT2D eigenvalue weighted by molar-refractivity contribution is 0.321. The molecule has 1 aromatic rings. The molecule has 1 saturated carbocycles. The third-order valence-electron chi connectivity index (χ3n) is 4.34. The summed E-state index contributed by atoms with van der Waals surface area (Å²) in [6, 6.07) is 5.85. The van der Waals surface area contributed by atoms with E-state index in [1.54, 1.807) is 6.07 Å². The first-order valence-corrected chi connectivity index (χ1v) is 7.85. The van der Waals surface area contributed by atoms with Crippen molar-refractivity contribution in [3.63, 3.8) is 0 Å². The summed E-state index contributed by atoms with van der Waals surface area (Å²) in [6.07, 6.45) is 5.01. The van der Waals surface area contributed by atoms with Crippen molar-refractivity contribution >= 4 is 5.69 Å². The van der Waals surface area contributed by atoms with Gasteiger partial charge in [0.25, 0.3) is 0 Å².